The fourth-order valence-electron chi connectivity index (χ4n) is 1.92. The van der Waals surface area contributed by atoms with E-state index in [-0.39, 0.29) is 0 Å². The molecule has 2 aromatic heterocycles. The molecule has 0 spiro atoms. The van der Waals surface area contributed by atoms with Crippen molar-refractivity contribution in [2.24, 2.45) is 0 Å². The van der Waals surface area contributed by atoms with E-state index in [0.29, 0.717) is 6.04 Å². The van der Waals surface area contributed by atoms with E-state index in [1.165, 1.54) is 5.56 Å². The molecule has 0 bridgehead atoms. The van der Waals surface area contributed by atoms with Crippen LogP contribution in [-0.4, -0.2) is 11.5 Å². The highest BCUT2D eigenvalue weighted by atomic mass is 79.9. The zero-order valence-corrected chi connectivity index (χ0v) is 13.9. The normalized spacial score (nSPS) is 12.6. The van der Waals surface area contributed by atoms with E-state index >= 15 is 0 Å². The molecule has 0 aliphatic heterocycles. The van der Waals surface area contributed by atoms with Gasteiger partial charge < -0.3 is 5.32 Å². The Morgan fingerprint density at radius 1 is 1.53 bits per heavy atom. The minimum Gasteiger partial charge on any atom is -0.310 e. The standard InChI is InChI=1S/C14H16BrClN2S/c1-2-4-18-13(11-7-14(15)19-9-11)6-10-3-5-17-8-12(10)16/h3,5,7-9,13,18H,2,4,6H2,1H3. The molecule has 1 N–H and O–H groups in total. The summed E-state index contributed by atoms with van der Waals surface area (Å²) < 4.78 is 1.16. The molecule has 1 unspecified atom stereocenters. The minimum atomic E-state index is 0.294. The van der Waals surface area contributed by atoms with Crippen LogP contribution < -0.4 is 5.32 Å². The quantitative estimate of drug-likeness (QED) is 0.798. The van der Waals surface area contributed by atoms with Gasteiger partial charge in [0.05, 0.1) is 8.81 Å². The molecule has 0 amide bonds. The molecule has 0 radical (unpaired) electrons. The van der Waals surface area contributed by atoms with Crippen molar-refractivity contribution in [2.45, 2.75) is 25.8 Å². The highest BCUT2D eigenvalue weighted by Crippen LogP contribution is 2.28. The van der Waals surface area contributed by atoms with Gasteiger partial charge in [0.2, 0.25) is 0 Å². The number of halogens is 2. The van der Waals surface area contributed by atoms with Crippen LogP contribution in [0, 0.1) is 0 Å². The Bertz CT molecular complexity index is 530. The Morgan fingerprint density at radius 2 is 2.37 bits per heavy atom. The molecule has 2 nitrogen and oxygen atoms in total. The predicted molar refractivity (Wildman–Crippen MR) is 86.0 cm³/mol. The maximum Gasteiger partial charge on any atom is 0.0701 e. The van der Waals surface area contributed by atoms with Crippen molar-refractivity contribution in [1.82, 2.24) is 10.3 Å². The lowest BCUT2D eigenvalue weighted by molar-refractivity contribution is 0.530. The average molecular weight is 360 g/mol. The van der Waals surface area contributed by atoms with E-state index < -0.39 is 0 Å². The molecular weight excluding hydrogens is 344 g/mol. The summed E-state index contributed by atoms with van der Waals surface area (Å²) in [6.45, 7) is 3.17. The molecule has 0 saturated heterocycles. The van der Waals surface area contributed by atoms with Crippen LogP contribution in [-0.2, 0) is 6.42 Å². The van der Waals surface area contributed by atoms with Crippen LogP contribution in [0.3, 0.4) is 0 Å². The van der Waals surface area contributed by atoms with Gasteiger partial charge in [-0.1, -0.05) is 18.5 Å². The molecule has 102 valence electrons. The summed E-state index contributed by atoms with van der Waals surface area (Å²) in [6.07, 6.45) is 5.50. The molecule has 5 heteroatoms. The largest absolute Gasteiger partial charge is 0.310 e. The number of hydrogen-bond donors (Lipinski definition) is 1. The van der Waals surface area contributed by atoms with Gasteiger partial charge in [0, 0.05) is 18.4 Å². The number of thiophene rings is 1. The molecule has 0 aliphatic carbocycles. The van der Waals surface area contributed by atoms with Gasteiger partial charge in [0.15, 0.2) is 0 Å². The lowest BCUT2D eigenvalue weighted by Crippen LogP contribution is -2.23. The maximum absolute atomic E-state index is 6.20. The molecule has 0 aromatic carbocycles. The first kappa shape index (κ1) is 15.0. The van der Waals surface area contributed by atoms with Crippen LogP contribution in [0.5, 0.6) is 0 Å². The van der Waals surface area contributed by atoms with E-state index in [1.807, 2.05) is 6.07 Å². The van der Waals surface area contributed by atoms with Gasteiger partial charge in [-0.2, -0.15) is 0 Å². The first-order valence-corrected chi connectivity index (χ1v) is 8.31. The first-order chi connectivity index (χ1) is 9.20. The Hall–Kier alpha value is -0.420. The monoisotopic (exact) mass is 358 g/mol. The van der Waals surface area contributed by atoms with Gasteiger partial charge in [-0.15, -0.1) is 11.3 Å². The third kappa shape index (κ3) is 4.28. The molecule has 19 heavy (non-hydrogen) atoms. The summed E-state index contributed by atoms with van der Waals surface area (Å²) >= 11 is 11.4. The zero-order chi connectivity index (χ0) is 13.7. The molecular formula is C14H16BrClN2S. The van der Waals surface area contributed by atoms with Gasteiger partial charge >= 0.3 is 0 Å². The van der Waals surface area contributed by atoms with Crippen LogP contribution in [0.25, 0.3) is 0 Å². The van der Waals surface area contributed by atoms with Crippen molar-refractivity contribution in [3.05, 3.63) is 49.8 Å². The van der Waals surface area contributed by atoms with Gasteiger partial charge in [-0.25, -0.2) is 0 Å². The fraction of sp³-hybridized carbons (Fsp3) is 0.357. The van der Waals surface area contributed by atoms with Crippen molar-refractivity contribution in [3.8, 4) is 0 Å². The highest BCUT2D eigenvalue weighted by molar-refractivity contribution is 9.11. The molecule has 0 aliphatic rings. The van der Waals surface area contributed by atoms with Crippen molar-refractivity contribution < 1.29 is 0 Å². The summed E-state index contributed by atoms with van der Waals surface area (Å²) in [5.74, 6) is 0. The van der Waals surface area contributed by atoms with Crippen LogP contribution in [0.1, 0.15) is 30.5 Å². The van der Waals surface area contributed by atoms with Crippen molar-refractivity contribution >= 4 is 38.9 Å². The van der Waals surface area contributed by atoms with Crippen molar-refractivity contribution in [2.75, 3.05) is 6.54 Å². The average Bonchev–Trinajstić information content (AvgIpc) is 2.83. The third-order valence-electron chi connectivity index (χ3n) is 2.91. The Morgan fingerprint density at radius 3 is 3.00 bits per heavy atom. The summed E-state index contributed by atoms with van der Waals surface area (Å²) in [5, 5.41) is 6.50. The van der Waals surface area contributed by atoms with E-state index in [9.17, 15) is 0 Å². The summed E-state index contributed by atoms with van der Waals surface area (Å²) in [7, 11) is 0. The third-order valence-corrected chi connectivity index (χ3v) is 4.77. The number of pyridine rings is 1. The molecule has 0 saturated carbocycles. The second-order valence-corrected chi connectivity index (χ2v) is 7.06. The number of rotatable bonds is 6. The summed E-state index contributed by atoms with van der Waals surface area (Å²) in [6, 6.07) is 4.46. The topological polar surface area (TPSA) is 24.9 Å². The summed E-state index contributed by atoms with van der Waals surface area (Å²) in [4.78, 5) is 4.03. The van der Waals surface area contributed by atoms with E-state index in [2.05, 4.69) is 44.6 Å². The fourth-order valence-corrected chi connectivity index (χ4v) is 3.35. The molecule has 2 heterocycles. The van der Waals surface area contributed by atoms with Crippen molar-refractivity contribution in [3.63, 3.8) is 0 Å². The second-order valence-electron chi connectivity index (χ2n) is 4.36. The summed E-state index contributed by atoms with van der Waals surface area (Å²) in [5.41, 5.74) is 2.44. The molecule has 2 aromatic rings. The number of nitrogens with zero attached hydrogens (tertiary/aromatic N) is 1. The van der Waals surface area contributed by atoms with Crippen LogP contribution in [0.4, 0.5) is 0 Å². The van der Waals surface area contributed by atoms with Crippen LogP contribution >= 0.6 is 38.9 Å². The first-order valence-electron chi connectivity index (χ1n) is 6.26. The zero-order valence-electron chi connectivity index (χ0n) is 10.7. The Labute approximate surface area is 131 Å². The lowest BCUT2D eigenvalue weighted by atomic mass is 10.0. The van der Waals surface area contributed by atoms with Gasteiger partial charge in [0.1, 0.15) is 0 Å². The van der Waals surface area contributed by atoms with Crippen LogP contribution in [0.2, 0.25) is 5.02 Å². The predicted octanol–water partition coefficient (Wildman–Crippen LogP) is 4.84. The van der Waals surface area contributed by atoms with Gasteiger partial charge in [0.25, 0.3) is 0 Å². The SMILES string of the molecule is CCCNC(Cc1ccncc1Cl)c1csc(Br)c1. The van der Waals surface area contributed by atoms with Gasteiger partial charge in [-0.05, 0) is 64.0 Å². The van der Waals surface area contributed by atoms with Gasteiger partial charge in [-0.3, -0.25) is 4.98 Å². The highest BCUT2D eigenvalue weighted by Gasteiger charge is 2.14. The second kappa shape index (κ2) is 7.39. The smallest absolute Gasteiger partial charge is 0.0701 e. The Kier molecular flexibility index (Phi) is 5.82. The Balaban J connectivity index is 2.16. The molecule has 2 rings (SSSR count). The van der Waals surface area contributed by atoms with E-state index in [4.69, 9.17) is 11.6 Å². The number of nitrogens with one attached hydrogen (secondary N) is 1. The maximum atomic E-state index is 6.20. The number of hydrogen-bond acceptors (Lipinski definition) is 3. The van der Waals surface area contributed by atoms with Crippen LogP contribution in [0.15, 0.2) is 33.7 Å². The van der Waals surface area contributed by atoms with E-state index in [0.717, 1.165) is 33.8 Å². The molecule has 0 fully saturated rings. The minimum absolute atomic E-state index is 0.294. The number of aromatic nitrogens is 1. The van der Waals surface area contributed by atoms with E-state index in [1.54, 1.807) is 23.7 Å². The molecule has 1 atom stereocenters. The lowest BCUT2D eigenvalue weighted by Gasteiger charge is -2.18. The van der Waals surface area contributed by atoms with Crippen molar-refractivity contribution in [1.29, 1.82) is 0 Å².